The summed E-state index contributed by atoms with van der Waals surface area (Å²) in [5.41, 5.74) is 1.08. The lowest BCUT2D eigenvalue weighted by molar-refractivity contribution is -0.117. The number of likely N-dealkylation sites (tertiary alicyclic amines) is 1. The lowest BCUT2D eigenvalue weighted by atomic mass is 9.97. The first kappa shape index (κ1) is 20.4. The molecule has 6 nitrogen and oxygen atoms in total. The number of aromatic nitrogens is 2. The van der Waals surface area contributed by atoms with Crippen LogP contribution in [-0.2, 0) is 4.79 Å². The number of rotatable bonds is 5. The number of benzene rings is 2. The van der Waals surface area contributed by atoms with Gasteiger partial charge in [-0.2, -0.15) is 4.98 Å². The van der Waals surface area contributed by atoms with Gasteiger partial charge in [0.1, 0.15) is 11.6 Å². The molecule has 1 fully saturated rings. The smallest absolute Gasteiger partial charge is 0.238 e. The molecule has 1 aliphatic rings. The summed E-state index contributed by atoms with van der Waals surface area (Å²) >= 11 is 5.95. The molecule has 156 valence electrons. The first-order chi connectivity index (χ1) is 14.5. The number of hydrogen-bond acceptors (Lipinski definition) is 5. The lowest BCUT2D eigenvalue weighted by Crippen LogP contribution is -2.38. The molecule has 0 spiro atoms. The Hall–Kier alpha value is -2.84. The van der Waals surface area contributed by atoms with Gasteiger partial charge in [0.05, 0.1) is 17.3 Å². The molecule has 1 aliphatic heterocycles. The minimum atomic E-state index is -0.455. The Morgan fingerprint density at radius 3 is 2.53 bits per heavy atom. The maximum Gasteiger partial charge on any atom is 0.238 e. The molecule has 0 aliphatic carbocycles. The van der Waals surface area contributed by atoms with Crippen molar-refractivity contribution in [2.45, 2.75) is 18.8 Å². The molecule has 0 bridgehead atoms. The molecular formula is C21H19ClF2N4O2. The van der Waals surface area contributed by atoms with E-state index in [-0.39, 0.29) is 29.2 Å². The summed E-state index contributed by atoms with van der Waals surface area (Å²) in [5.74, 6) is 0.111. The van der Waals surface area contributed by atoms with Crippen LogP contribution in [0.4, 0.5) is 14.5 Å². The second-order valence-electron chi connectivity index (χ2n) is 7.19. The highest BCUT2D eigenvalue weighted by Crippen LogP contribution is 2.29. The Labute approximate surface area is 176 Å². The molecule has 0 unspecified atom stereocenters. The van der Waals surface area contributed by atoms with E-state index in [0.717, 1.165) is 18.9 Å². The molecule has 9 heteroatoms. The summed E-state index contributed by atoms with van der Waals surface area (Å²) < 4.78 is 31.6. The molecular weight excluding hydrogens is 414 g/mol. The van der Waals surface area contributed by atoms with E-state index in [0.29, 0.717) is 36.1 Å². The Morgan fingerprint density at radius 2 is 1.83 bits per heavy atom. The number of halogens is 3. The van der Waals surface area contributed by atoms with E-state index < -0.39 is 5.82 Å². The maximum absolute atomic E-state index is 13.1. The molecule has 30 heavy (non-hydrogen) atoms. The average Bonchev–Trinajstić information content (AvgIpc) is 3.21. The Morgan fingerprint density at radius 1 is 1.13 bits per heavy atom. The standard InChI is InChI=1S/C21H19ClF2N4O2/c22-17-11-16(24)5-6-18(17)25-19(29)12-28-9-7-14(8-10-28)21-26-20(27-30-21)13-1-3-15(23)4-2-13/h1-6,11,14H,7-10,12H2,(H,25,29). The predicted octanol–water partition coefficient (Wildman–Crippen LogP) is 4.49. The number of nitrogens with one attached hydrogen (secondary N) is 1. The first-order valence-electron chi connectivity index (χ1n) is 9.55. The largest absolute Gasteiger partial charge is 0.339 e. The van der Waals surface area contributed by atoms with Gasteiger partial charge in [0.15, 0.2) is 0 Å². The molecule has 1 N–H and O–H groups in total. The van der Waals surface area contributed by atoms with Gasteiger partial charge in [0.2, 0.25) is 17.6 Å². The van der Waals surface area contributed by atoms with Crippen LogP contribution in [0.5, 0.6) is 0 Å². The van der Waals surface area contributed by atoms with Gasteiger partial charge in [0, 0.05) is 11.5 Å². The molecule has 2 heterocycles. The molecule has 4 rings (SSSR count). The zero-order valence-corrected chi connectivity index (χ0v) is 16.7. The second kappa shape index (κ2) is 8.89. The van der Waals surface area contributed by atoms with Crippen LogP contribution in [0.3, 0.4) is 0 Å². The number of carbonyl (C=O) groups is 1. The predicted molar refractivity (Wildman–Crippen MR) is 108 cm³/mol. The van der Waals surface area contributed by atoms with Gasteiger partial charge >= 0.3 is 0 Å². The number of hydrogen-bond donors (Lipinski definition) is 1. The fourth-order valence-electron chi connectivity index (χ4n) is 3.44. The molecule has 0 radical (unpaired) electrons. The quantitative estimate of drug-likeness (QED) is 0.643. The van der Waals surface area contributed by atoms with Gasteiger partial charge in [-0.15, -0.1) is 0 Å². The van der Waals surface area contributed by atoms with E-state index in [4.69, 9.17) is 16.1 Å². The van der Waals surface area contributed by atoms with Crippen molar-refractivity contribution in [3.63, 3.8) is 0 Å². The minimum absolute atomic E-state index is 0.109. The highest BCUT2D eigenvalue weighted by atomic mass is 35.5. The molecule has 1 aromatic heterocycles. The number of amides is 1. The van der Waals surface area contributed by atoms with Crippen LogP contribution in [0.15, 0.2) is 47.0 Å². The van der Waals surface area contributed by atoms with Gasteiger partial charge in [0.25, 0.3) is 0 Å². The maximum atomic E-state index is 13.1. The second-order valence-corrected chi connectivity index (χ2v) is 7.59. The van der Waals surface area contributed by atoms with Gasteiger partial charge in [-0.25, -0.2) is 8.78 Å². The van der Waals surface area contributed by atoms with Gasteiger partial charge < -0.3 is 9.84 Å². The molecule has 3 aromatic rings. The zero-order valence-electron chi connectivity index (χ0n) is 15.9. The van der Waals surface area contributed by atoms with Crippen LogP contribution >= 0.6 is 11.6 Å². The third-order valence-corrected chi connectivity index (χ3v) is 5.37. The first-order valence-corrected chi connectivity index (χ1v) is 9.92. The summed E-state index contributed by atoms with van der Waals surface area (Å²) in [5, 5.41) is 6.86. The van der Waals surface area contributed by atoms with Crippen molar-refractivity contribution >= 4 is 23.2 Å². The number of anilines is 1. The van der Waals surface area contributed by atoms with E-state index in [1.807, 2.05) is 4.90 Å². The lowest BCUT2D eigenvalue weighted by Gasteiger charge is -2.29. The third-order valence-electron chi connectivity index (χ3n) is 5.05. The normalized spacial score (nSPS) is 15.3. The van der Waals surface area contributed by atoms with Crippen molar-refractivity contribution in [1.29, 1.82) is 0 Å². The summed E-state index contributed by atoms with van der Waals surface area (Å²) in [6, 6.07) is 9.78. The van der Waals surface area contributed by atoms with Crippen molar-refractivity contribution < 1.29 is 18.1 Å². The summed E-state index contributed by atoms with van der Waals surface area (Å²) in [4.78, 5) is 18.8. The van der Waals surface area contributed by atoms with Gasteiger partial charge in [-0.05, 0) is 68.4 Å². The van der Waals surface area contributed by atoms with Crippen molar-refractivity contribution in [2.24, 2.45) is 0 Å². The zero-order chi connectivity index (χ0) is 21.1. The fraction of sp³-hybridized carbons (Fsp3) is 0.286. The molecule has 0 atom stereocenters. The van der Waals surface area contributed by atoms with Crippen LogP contribution in [0.25, 0.3) is 11.4 Å². The highest BCUT2D eigenvalue weighted by molar-refractivity contribution is 6.33. The van der Waals surface area contributed by atoms with E-state index in [1.165, 1.54) is 24.3 Å². The molecule has 1 saturated heterocycles. The van der Waals surface area contributed by atoms with Crippen LogP contribution in [-0.4, -0.2) is 40.6 Å². The topological polar surface area (TPSA) is 71.3 Å². The number of piperidine rings is 1. The highest BCUT2D eigenvalue weighted by Gasteiger charge is 2.26. The van der Waals surface area contributed by atoms with Gasteiger partial charge in [-0.1, -0.05) is 16.8 Å². The Balaban J connectivity index is 1.30. The van der Waals surface area contributed by atoms with Crippen molar-refractivity contribution in [3.05, 3.63) is 65.0 Å². The summed E-state index contributed by atoms with van der Waals surface area (Å²) in [6.07, 6.45) is 1.55. The van der Waals surface area contributed by atoms with Crippen LogP contribution < -0.4 is 5.32 Å². The van der Waals surface area contributed by atoms with E-state index in [1.54, 1.807) is 12.1 Å². The fourth-order valence-corrected chi connectivity index (χ4v) is 3.65. The SMILES string of the molecule is O=C(CN1CCC(c2nc(-c3ccc(F)cc3)no2)CC1)Nc1ccc(F)cc1Cl. The van der Waals surface area contributed by atoms with Crippen molar-refractivity contribution in [1.82, 2.24) is 15.0 Å². The minimum Gasteiger partial charge on any atom is -0.339 e. The third kappa shape index (κ3) is 4.83. The van der Waals surface area contributed by atoms with Crippen LogP contribution in [0.1, 0.15) is 24.7 Å². The van der Waals surface area contributed by atoms with E-state index in [2.05, 4.69) is 15.5 Å². The van der Waals surface area contributed by atoms with Crippen molar-refractivity contribution in [2.75, 3.05) is 25.0 Å². The molecule has 0 saturated carbocycles. The molecule has 2 aromatic carbocycles. The van der Waals surface area contributed by atoms with Crippen LogP contribution in [0.2, 0.25) is 5.02 Å². The molecule has 1 amide bonds. The summed E-state index contributed by atoms with van der Waals surface area (Å²) in [7, 11) is 0. The van der Waals surface area contributed by atoms with E-state index in [9.17, 15) is 13.6 Å². The summed E-state index contributed by atoms with van der Waals surface area (Å²) in [6.45, 7) is 1.61. The average molecular weight is 433 g/mol. The Bertz CT molecular complexity index is 1030. The Kier molecular flexibility index (Phi) is 6.06. The number of nitrogens with zero attached hydrogens (tertiary/aromatic N) is 3. The van der Waals surface area contributed by atoms with E-state index >= 15 is 0 Å². The monoisotopic (exact) mass is 432 g/mol. The number of carbonyl (C=O) groups excluding carboxylic acids is 1. The van der Waals surface area contributed by atoms with Crippen LogP contribution in [0, 0.1) is 11.6 Å². The van der Waals surface area contributed by atoms with Gasteiger partial charge in [-0.3, -0.25) is 9.69 Å². The van der Waals surface area contributed by atoms with Crippen molar-refractivity contribution in [3.8, 4) is 11.4 Å².